The molecule has 0 saturated carbocycles. The van der Waals surface area contributed by atoms with E-state index in [2.05, 4.69) is 10.0 Å². The largest absolute Gasteiger partial charge is 0.315 e. The van der Waals surface area contributed by atoms with E-state index < -0.39 is 24.9 Å². The Hall–Kier alpha value is -0.180. The molecule has 16 heavy (non-hydrogen) atoms. The van der Waals surface area contributed by atoms with Gasteiger partial charge in [0.05, 0.1) is 0 Å². The van der Waals surface area contributed by atoms with Gasteiger partial charge in [-0.1, -0.05) is 6.42 Å². The van der Waals surface area contributed by atoms with Crippen LogP contribution in [0.25, 0.3) is 0 Å². The van der Waals surface area contributed by atoms with Crippen LogP contribution in [-0.2, 0) is 19.9 Å². The summed E-state index contributed by atoms with van der Waals surface area (Å²) in [5, 5.41) is 2.27. The Balaban J connectivity index is 2.57. The fourth-order valence-corrected chi connectivity index (χ4v) is 4.93. The maximum Gasteiger partial charge on any atom is 0.226 e. The second kappa shape index (κ2) is 5.44. The topological polar surface area (TPSA) is 92.3 Å². The van der Waals surface area contributed by atoms with Crippen molar-refractivity contribution in [2.75, 3.05) is 24.4 Å². The molecule has 0 aromatic heterocycles. The van der Waals surface area contributed by atoms with Crippen molar-refractivity contribution in [1.29, 1.82) is 0 Å². The summed E-state index contributed by atoms with van der Waals surface area (Å²) >= 11 is 0. The van der Waals surface area contributed by atoms with Crippen LogP contribution in [0, 0.1) is 0 Å². The van der Waals surface area contributed by atoms with Gasteiger partial charge in [-0.05, 0) is 19.4 Å². The fourth-order valence-electron chi connectivity index (χ4n) is 1.69. The minimum atomic E-state index is -3.73. The van der Waals surface area contributed by atoms with Crippen LogP contribution in [0.4, 0.5) is 0 Å². The van der Waals surface area contributed by atoms with Gasteiger partial charge in [0.1, 0.15) is 0 Å². The molecule has 0 bridgehead atoms. The highest BCUT2D eigenvalue weighted by Crippen LogP contribution is 2.06. The molecule has 1 atom stereocenters. The third-order valence-electron chi connectivity index (χ3n) is 2.26. The fraction of sp³-hybridized carbons (Fsp3) is 1.00. The molecule has 1 fully saturated rings. The van der Waals surface area contributed by atoms with E-state index >= 15 is 0 Å². The number of nitrogens with one attached hydrogen (secondary N) is 2. The monoisotopic (exact) mass is 270 g/mol. The summed E-state index contributed by atoms with van der Waals surface area (Å²) in [6, 6.07) is -0.200. The summed E-state index contributed by atoms with van der Waals surface area (Å²) in [4.78, 5) is 0. The number of sulfone groups is 1. The van der Waals surface area contributed by atoms with Crippen molar-refractivity contribution < 1.29 is 16.8 Å². The lowest BCUT2D eigenvalue weighted by molar-refractivity contribution is 0.523. The molecule has 1 saturated heterocycles. The molecular weight excluding hydrogens is 252 g/mol. The summed E-state index contributed by atoms with van der Waals surface area (Å²) in [5.41, 5.74) is 0. The highest BCUT2D eigenvalue weighted by molar-refractivity contribution is 8.06. The first-order valence-electron chi connectivity index (χ1n) is 5.17. The first kappa shape index (κ1) is 13.9. The van der Waals surface area contributed by atoms with Gasteiger partial charge in [0.2, 0.25) is 10.0 Å². The van der Waals surface area contributed by atoms with E-state index in [1.165, 1.54) is 0 Å². The molecule has 8 heteroatoms. The Bertz CT molecular complexity index is 407. The molecule has 0 aromatic carbocycles. The van der Waals surface area contributed by atoms with Gasteiger partial charge >= 0.3 is 0 Å². The summed E-state index contributed by atoms with van der Waals surface area (Å²) in [6.45, 7) is 1.44. The molecule has 0 amide bonds. The minimum absolute atomic E-state index is 0.200. The molecule has 0 aromatic rings. The molecule has 6 nitrogen and oxygen atoms in total. The second-order valence-corrected chi connectivity index (χ2v) is 8.43. The van der Waals surface area contributed by atoms with Crippen LogP contribution in [0.2, 0.25) is 0 Å². The van der Waals surface area contributed by atoms with Gasteiger partial charge in [-0.15, -0.1) is 0 Å². The Morgan fingerprint density at radius 1 is 1.25 bits per heavy atom. The van der Waals surface area contributed by atoms with E-state index in [1.54, 1.807) is 0 Å². The van der Waals surface area contributed by atoms with E-state index in [0.29, 0.717) is 6.54 Å². The normalized spacial score (nSPS) is 23.9. The lowest BCUT2D eigenvalue weighted by Gasteiger charge is -2.15. The molecule has 2 N–H and O–H groups in total. The van der Waals surface area contributed by atoms with Crippen LogP contribution < -0.4 is 10.0 Å². The summed E-state index contributed by atoms with van der Waals surface area (Å²) in [5.74, 6) is 0. The Morgan fingerprint density at radius 3 is 2.56 bits per heavy atom. The average Bonchev–Trinajstić information content (AvgIpc) is 2.26. The van der Waals surface area contributed by atoms with Crippen molar-refractivity contribution >= 4 is 19.9 Å². The third-order valence-corrected chi connectivity index (χ3v) is 5.91. The van der Waals surface area contributed by atoms with Crippen LogP contribution in [0.5, 0.6) is 0 Å². The quantitative estimate of drug-likeness (QED) is 0.687. The molecule has 0 aliphatic carbocycles. The number of rotatable bonds is 4. The van der Waals surface area contributed by atoms with Gasteiger partial charge in [0, 0.05) is 18.8 Å². The zero-order valence-electron chi connectivity index (χ0n) is 9.27. The van der Waals surface area contributed by atoms with Crippen LogP contribution in [0.15, 0.2) is 0 Å². The van der Waals surface area contributed by atoms with Crippen LogP contribution in [-0.4, -0.2) is 47.3 Å². The number of hydrogen-bond donors (Lipinski definition) is 2. The third kappa shape index (κ3) is 5.78. The molecular formula is C8H18N2O4S2. The van der Waals surface area contributed by atoms with Gasteiger partial charge in [-0.25, -0.2) is 21.6 Å². The highest BCUT2D eigenvalue weighted by Gasteiger charge is 2.22. The van der Waals surface area contributed by atoms with E-state index in [4.69, 9.17) is 0 Å². The van der Waals surface area contributed by atoms with Crippen LogP contribution in [0.3, 0.4) is 0 Å². The predicted octanol–water partition coefficient (Wildman–Crippen LogP) is -0.950. The number of hydrogen-bond acceptors (Lipinski definition) is 5. The summed E-state index contributed by atoms with van der Waals surface area (Å²) in [6.07, 6.45) is 3.62. The van der Waals surface area contributed by atoms with Crippen molar-refractivity contribution in [2.45, 2.75) is 25.3 Å². The molecule has 1 aliphatic rings. The average molecular weight is 270 g/mol. The smallest absolute Gasteiger partial charge is 0.226 e. The summed E-state index contributed by atoms with van der Waals surface area (Å²) in [7, 11) is -7.25. The highest BCUT2D eigenvalue weighted by atomic mass is 32.3. The first-order chi connectivity index (χ1) is 7.29. The first-order valence-corrected chi connectivity index (χ1v) is 8.88. The van der Waals surface area contributed by atoms with Crippen molar-refractivity contribution in [3.8, 4) is 0 Å². The van der Waals surface area contributed by atoms with Crippen molar-refractivity contribution in [3.05, 3.63) is 0 Å². The molecule has 96 valence electrons. The lowest BCUT2D eigenvalue weighted by atomic mass is 10.2. The standard InChI is InChI=1S/C8H18N2O4S2/c1-15(11,12)7-16(13,14)10-8-4-2-3-5-9-6-8/h8-10H,2-7H2,1H3. The van der Waals surface area contributed by atoms with E-state index in [1.807, 2.05) is 0 Å². The van der Waals surface area contributed by atoms with Gasteiger partial charge in [-0.3, -0.25) is 0 Å². The molecule has 1 heterocycles. The lowest BCUT2D eigenvalue weighted by Crippen LogP contribution is -2.42. The Morgan fingerprint density at radius 2 is 1.94 bits per heavy atom. The minimum Gasteiger partial charge on any atom is -0.315 e. The summed E-state index contributed by atoms with van der Waals surface area (Å²) < 4.78 is 47.3. The van der Waals surface area contributed by atoms with Gasteiger partial charge in [0.15, 0.2) is 14.9 Å². The Kier molecular flexibility index (Phi) is 4.72. The van der Waals surface area contributed by atoms with Crippen molar-refractivity contribution in [3.63, 3.8) is 0 Å². The zero-order chi connectivity index (χ0) is 12.2. The van der Waals surface area contributed by atoms with E-state index in [9.17, 15) is 16.8 Å². The Labute approximate surface area is 96.8 Å². The SMILES string of the molecule is CS(=O)(=O)CS(=O)(=O)NC1CCCCNC1. The van der Waals surface area contributed by atoms with Gasteiger partial charge in [-0.2, -0.15) is 0 Å². The number of sulfonamides is 1. The maximum absolute atomic E-state index is 11.5. The molecule has 0 radical (unpaired) electrons. The zero-order valence-corrected chi connectivity index (χ0v) is 10.9. The van der Waals surface area contributed by atoms with Gasteiger partial charge < -0.3 is 5.32 Å². The second-order valence-electron chi connectivity index (χ2n) is 4.17. The van der Waals surface area contributed by atoms with E-state index in [0.717, 1.165) is 32.1 Å². The van der Waals surface area contributed by atoms with Crippen LogP contribution in [0.1, 0.15) is 19.3 Å². The predicted molar refractivity (Wildman–Crippen MR) is 62.3 cm³/mol. The molecule has 1 rings (SSSR count). The molecule has 1 aliphatic heterocycles. The van der Waals surface area contributed by atoms with Gasteiger partial charge in [0.25, 0.3) is 0 Å². The van der Waals surface area contributed by atoms with Crippen LogP contribution >= 0.6 is 0 Å². The molecule has 0 spiro atoms. The van der Waals surface area contributed by atoms with Crippen molar-refractivity contribution in [1.82, 2.24) is 10.0 Å². The van der Waals surface area contributed by atoms with E-state index in [-0.39, 0.29) is 6.04 Å². The molecule has 1 unspecified atom stereocenters. The van der Waals surface area contributed by atoms with Crippen molar-refractivity contribution in [2.24, 2.45) is 0 Å². The maximum atomic E-state index is 11.5.